The molecule has 2 heterocycles. The summed E-state index contributed by atoms with van der Waals surface area (Å²) in [6.45, 7) is 2.82. The van der Waals surface area contributed by atoms with Crippen LogP contribution in [0.1, 0.15) is 11.1 Å². The monoisotopic (exact) mass is 282 g/mol. The first-order valence-electron chi connectivity index (χ1n) is 6.33. The highest BCUT2D eigenvalue weighted by molar-refractivity contribution is 7.13. The largest absolute Gasteiger partial charge is 0.296 e. The third-order valence-corrected chi connectivity index (χ3v) is 3.68. The summed E-state index contributed by atoms with van der Waals surface area (Å²) in [6, 6.07) is 14.4. The van der Waals surface area contributed by atoms with Crippen LogP contribution in [0.3, 0.4) is 0 Å². The Balaban J connectivity index is 1.92. The Kier molecular flexibility index (Phi) is 3.69. The van der Waals surface area contributed by atoms with Gasteiger partial charge in [0, 0.05) is 6.20 Å². The summed E-state index contributed by atoms with van der Waals surface area (Å²) in [4.78, 5) is 6.49. The van der Waals surface area contributed by atoms with Gasteiger partial charge in [-0.05, 0) is 24.6 Å². The lowest BCUT2D eigenvalue weighted by Gasteiger charge is -2.20. The Hall–Kier alpha value is -2.27. The van der Waals surface area contributed by atoms with E-state index < -0.39 is 0 Å². The van der Waals surface area contributed by atoms with E-state index in [1.165, 1.54) is 22.5 Å². The molecule has 0 bridgehead atoms. The average molecular weight is 282 g/mol. The number of aromatic nitrogens is 3. The van der Waals surface area contributed by atoms with E-state index in [1.54, 1.807) is 11.7 Å². The van der Waals surface area contributed by atoms with Gasteiger partial charge in [-0.25, -0.2) is 4.98 Å². The van der Waals surface area contributed by atoms with Crippen LogP contribution in [-0.2, 0) is 6.54 Å². The van der Waals surface area contributed by atoms with Crippen molar-refractivity contribution in [1.82, 2.24) is 15.2 Å². The third-order valence-electron chi connectivity index (χ3n) is 2.97. The maximum atomic E-state index is 4.41. The lowest BCUT2D eigenvalue weighted by Crippen LogP contribution is -2.17. The van der Waals surface area contributed by atoms with E-state index in [0.29, 0.717) is 0 Å². The van der Waals surface area contributed by atoms with Crippen molar-refractivity contribution in [2.45, 2.75) is 13.5 Å². The van der Waals surface area contributed by atoms with Crippen LogP contribution in [-0.4, -0.2) is 15.2 Å². The Morgan fingerprint density at radius 3 is 2.60 bits per heavy atom. The van der Waals surface area contributed by atoms with Crippen molar-refractivity contribution in [1.29, 1.82) is 0 Å². The van der Waals surface area contributed by atoms with E-state index >= 15 is 0 Å². The van der Waals surface area contributed by atoms with E-state index in [-0.39, 0.29) is 0 Å². The molecule has 0 atom stereocenters. The van der Waals surface area contributed by atoms with E-state index in [2.05, 4.69) is 51.3 Å². The molecule has 1 aromatic carbocycles. The summed E-state index contributed by atoms with van der Waals surface area (Å²) >= 11 is 1.51. The Bertz CT molecular complexity index is 650. The second kappa shape index (κ2) is 5.79. The summed E-state index contributed by atoms with van der Waals surface area (Å²) < 4.78 is 0. The van der Waals surface area contributed by atoms with Gasteiger partial charge in [-0.15, -0.1) is 10.2 Å². The van der Waals surface area contributed by atoms with Crippen molar-refractivity contribution in [3.63, 3.8) is 0 Å². The molecular weight excluding hydrogens is 268 g/mol. The first-order valence-corrected chi connectivity index (χ1v) is 7.21. The van der Waals surface area contributed by atoms with Crippen LogP contribution in [0.2, 0.25) is 0 Å². The molecule has 3 aromatic rings. The van der Waals surface area contributed by atoms with Gasteiger partial charge in [0.2, 0.25) is 5.13 Å². The molecule has 5 heteroatoms. The highest BCUT2D eigenvalue weighted by atomic mass is 32.1. The van der Waals surface area contributed by atoms with Gasteiger partial charge in [0.05, 0.1) is 6.54 Å². The maximum Gasteiger partial charge on any atom is 0.213 e. The van der Waals surface area contributed by atoms with Gasteiger partial charge in [0.1, 0.15) is 11.3 Å². The first-order chi connectivity index (χ1) is 9.83. The summed E-state index contributed by atoms with van der Waals surface area (Å²) in [5, 5.41) is 8.94. The van der Waals surface area contributed by atoms with Crippen LogP contribution >= 0.6 is 11.3 Å². The Morgan fingerprint density at radius 1 is 1.10 bits per heavy atom. The van der Waals surface area contributed by atoms with Gasteiger partial charge in [-0.2, -0.15) is 0 Å². The van der Waals surface area contributed by atoms with E-state index in [4.69, 9.17) is 0 Å². The van der Waals surface area contributed by atoms with Crippen molar-refractivity contribution >= 4 is 22.3 Å². The zero-order valence-corrected chi connectivity index (χ0v) is 11.9. The topological polar surface area (TPSA) is 41.9 Å². The van der Waals surface area contributed by atoms with Gasteiger partial charge in [-0.3, -0.25) is 4.90 Å². The summed E-state index contributed by atoms with van der Waals surface area (Å²) in [6.07, 6.45) is 1.79. The fourth-order valence-electron chi connectivity index (χ4n) is 1.92. The molecule has 2 aromatic heterocycles. The number of pyridine rings is 1. The number of anilines is 2. The van der Waals surface area contributed by atoms with Gasteiger partial charge in [0.15, 0.2) is 0 Å². The minimum absolute atomic E-state index is 0.729. The molecule has 0 saturated carbocycles. The van der Waals surface area contributed by atoms with Crippen molar-refractivity contribution in [2.75, 3.05) is 4.90 Å². The van der Waals surface area contributed by atoms with Crippen LogP contribution in [0, 0.1) is 6.92 Å². The average Bonchev–Trinajstić information content (AvgIpc) is 3.01. The molecule has 0 unspecified atom stereocenters. The number of aryl methyl sites for hydroxylation is 1. The van der Waals surface area contributed by atoms with Crippen molar-refractivity contribution in [3.8, 4) is 0 Å². The van der Waals surface area contributed by atoms with Crippen LogP contribution < -0.4 is 4.90 Å². The normalized spacial score (nSPS) is 10.4. The molecule has 0 fully saturated rings. The second-order valence-electron chi connectivity index (χ2n) is 4.48. The number of benzene rings is 1. The van der Waals surface area contributed by atoms with Crippen LogP contribution in [0.15, 0.2) is 54.2 Å². The number of hydrogen-bond donors (Lipinski definition) is 0. The highest BCUT2D eigenvalue weighted by Gasteiger charge is 2.14. The Labute approximate surface area is 121 Å². The minimum atomic E-state index is 0.729. The highest BCUT2D eigenvalue weighted by Crippen LogP contribution is 2.26. The molecule has 0 amide bonds. The minimum Gasteiger partial charge on any atom is -0.296 e. The fourth-order valence-corrected chi connectivity index (χ4v) is 2.49. The molecule has 0 aliphatic carbocycles. The molecule has 0 aliphatic heterocycles. The van der Waals surface area contributed by atoms with Gasteiger partial charge >= 0.3 is 0 Å². The number of nitrogens with zero attached hydrogens (tertiary/aromatic N) is 4. The van der Waals surface area contributed by atoms with Crippen molar-refractivity contribution in [2.24, 2.45) is 0 Å². The van der Waals surface area contributed by atoms with Gasteiger partial charge in [0.25, 0.3) is 0 Å². The predicted molar refractivity (Wildman–Crippen MR) is 81.2 cm³/mol. The zero-order valence-electron chi connectivity index (χ0n) is 11.1. The Morgan fingerprint density at radius 2 is 1.95 bits per heavy atom. The van der Waals surface area contributed by atoms with Crippen LogP contribution in [0.4, 0.5) is 10.9 Å². The zero-order chi connectivity index (χ0) is 13.8. The third kappa shape index (κ3) is 2.83. The fraction of sp³-hybridized carbons (Fsp3) is 0.133. The SMILES string of the molecule is Cc1ccc(CN(c2ccccn2)c2nncs2)cc1. The van der Waals surface area contributed by atoms with Crippen molar-refractivity contribution < 1.29 is 0 Å². The van der Waals surface area contributed by atoms with Gasteiger partial charge in [-0.1, -0.05) is 47.2 Å². The second-order valence-corrected chi connectivity index (χ2v) is 5.29. The van der Waals surface area contributed by atoms with Crippen LogP contribution in [0.5, 0.6) is 0 Å². The molecule has 0 N–H and O–H groups in total. The van der Waals surface area contributed by atoms with E-state index in [9.17, 15) is 0 Å². The molecule has 3 rings (SSSR count). The predicted octanol–water partition coefficient (Wildman–Crippen LogP) is 3.58. The summed E-state index contributed by atoms with van der Waals surface area (Å²) in [7, 11) is 0. The molecule has 4 nitrogen and oxygen atoms in total. The molecule has 0 aliphatic rings. The maximum absolute atomic E-state index is 4.41. The molecular formula is C15H14N4S. The summed E-state index contributed by atoms with van der Waals surface area (Å²) in [5.41, 5.74) is 4.21. The molecule has 0 spiro atoms. The molecule has 0 saturated heterocycles. The lowest BCUT2D eigenvalue weighted by molar-refractivity contribution is 0.916. The first kappa shape index (κ1) is 12.7. The van der Waals surface area contributed by atoms with E-state index in [0.717, 1.165) is 17.5 Å². The van der Waals surface area contributed by atoms with Gasteiger partial charge < -0.3 is 0 Å². The summed E-state index contributed by atoms with van der Waals surface area (Å²) in [5.74, 6) is 0.879. The lowest BCUT2D eigenvalue weighted by atomic mass is 10.1. The van der Waals surface area contributed by atoms with Crippen LogP contribution in [0.25, 0.3) is 0 Å². The van der Waals surface area contributed by atoms with E-state index in [1.807, 2.05) is 18.2 Å². The molecule has 100 valence electrons. The van der Waals surface area contributed by atoms with Crippen molar-refractivity contribution in [3.05, 3.63) is 65.3 Å². The molecule has 0 radical (unpaired) electrons. The standard InChI is InChI=1S/C15H14N4S/c1-12-5-7-13(8-6-12)10-19(15-18-17-11-20-15)14-4-2-3-9-16-14/h2-9,11H,10H2,1H3. The molecule has 20 heavy (non-hydrogen) atoms. The number of hydrogen-bond acceptors (Lipinski definition) is 5. The smallest absolute Gasteiger partial charge is 0.213 e. The quantitative estimate of drug-likeness (QED) is 0.733. The number of rotatable bonds is 4.